The SMILES string of the molecule is Cc1cc(C(=O)COC(=O)Cn2ccccc2=O)c(C)n1CCc1ccccc1. The number of carbonyl (C=O) groups is 2. The number of rotatable bonds is 8. The van der Waals surface area contributed by atoms with Crippen molar-refractivity contribution >= 4 is 11.8 Å². The Morgan fingerprint density at radius 2 is 1.72 bits per heavy atom. The van der Waals surface area contributed by atoms with E-state index in [0.29, 0.717) is 5.56 Å². The third-order valence-corrected chi connectivity index (χ3v) is 4.90. The fourth-order valence-electron chi connectivity index (χ4n) is 3.31. The summed E-state index contributed by atoms with van der Waals surface area (Å²) in [6.07, 6.45) is 2.37. The van der Waals surface area contributed by atoms with Crippen molar-refractivity contribution in [3.8, 4) is 0 Å². The average Bonchev–Trinajstić information content (AvgIpc) is 3.01. The van der Waals surface area contributed by atoms with Gasteiger partial charge in [0.15, 0.2) is 6.61 Å². The summed E-state index contributed by atoms with van der Waals surface area (Å²) in [5.41, 5.74) is 3.35. The monoisotopic (exact) mass is 392 g/mol. The summed E-state index contributed by atoms with van der Waals surface area (Å²) >= 11 is 0. The van der Waals surface area contributed by atoms with E-state index in [9.17, 15) is 14.4 Å². The summed E-state index contributed by atoms with van der Waals surface area (Å²) in [5.74, 6) is -0.873. The fourth-order valence-corrected chi connectivity index (χ4v) is 3.31. The highest BCUT2D eigenvalue weighted by Crippen LogP contribution is 2.17. The first-order valence-corrected chi connectivity index (χ1v) is 9.50. The van der Waals surface area contributed by atoms with E-state index < -0.39 is 5.97 Å². The number of benzene rings is 1. The van der Waals surface area contributed by atoms with Gasteiger partial charge in [-0.3, -0.25) is 14.4 Å². The van der Waals surface area contributed by atoms with Crippen molar-refractivity contribution in [1.29, 1.82) is 0 Å². The van der Waals surface area contributed by atoms with Crippen LogP contribution in [0.4, 0.5) is 0 Å². The molecule has 0 amide bonds. The first-order valence-electron chi connectivity index (χ1n) is 9.50. The predicted octanol–water partition coefficient (Wildman–Crippen LogP) is 2.94. The Hall–Kier alpha value is -3.41. The van der Waals surface area contributed by atoms with Crippen LogP contribution >= 0.6 is 0 Å². The van der Waals surface area contributed by atoms with Crippen molar-refractivity contribution in [2.24, 2.45) is 0 Å². The molecule has 0 N–H and O–H groups in total. The number of nitrogens with zero attached hydrogens (tertiary/aromatic N) is 2. The van der Waals surface area contributed by atoms with E-state index in [-0.39, 0.29) is 24.5 Å². The van der Waals surface area contributed by atoms with Crippen LogP contribution in [0.1, 0.15) is 27.3 Å². The summed E-state index contributed by atoms with van der Waals surface area (Å²) in [6, 6.07) is 16.6. The minimum atomic E-state index is -0.621. The van der Waals surface area contributed by atoms with E-state index in [0.717, 1.165) is 24.4 Å². The quantitative estimate of drug-likeness (QED) is 0.437. The molecule has 2 heterocycles. The van der Waals surface area contributed by atoms with E-state index >= 15 is 0 Å². The number of aryl methyl sites for hydroxylation is 2. The lowest BCUT2D eigenvalue weighted by Gasteiger charge is -2.10. The number of esters is 1. The summed E-state index contributed by atoms with van der Waals surface area (Å²) in [7, 11) is 0. The minimum absolute atomic E-state index is 0.219. The lowest BCUT2D eigenvalue weighted by Crippen LogP contribution is -2.25. The van der Waals surface area contributed by atoms with Gasteiger partial charge in [-0.05, 0) is 38.0 Å². The van der Waals surface area contributed by atoms with Crippen molar-refractivity contribution in [3.63, 3.8) is 0 Å². The lowest BCUT2D eigenvalue weighted by molar-refractivity contribution is -0.143. The van der Waals surface area contributed by atoms with Gasteiger partial charge >= 0.3 is 5.97 Å². The second kappa shape index (κ2) is 9.19. The van der Waals surface area contributed by atoms with E-state index in [1.165, 1.54) is 22.4 Å². The van der Waals surface area contributed by atoms with Crippen LogP contribution < -0.4 is 5.56 Å². The topological polar surface area (TPSA) is 70.3 Å². The summed E-state index contributed by atoms with van der Waals surface area (Å²) in [4.78, 5) is 36.2. The van der Waals surface area contributed by atoms with E-state index in [1.807, 2.05) is 38.1 Å². The molecule has 6 heteroatoms. The second-order valence-corrected chi connectivity index (χ2v) is 6.92. The maximum atomic E-state index is 12.6. The smallest absolute Gasteiger partial charge is 0.326 e. The molecule has 150 valence electrons. The van der Waals surface area contributed by atoms with Gasteiger partial charge in [0.2, 0.25) is 5.78 Å². The molecular weight excluding hydrogens is 368 g/mol. The highest BCUT2D eigenvalue weighted by atomic mass is 16.5. The van der Waals surface area contributed by atoms with Gasteiger partial charge in [0.1, 0.15) is 6.54 Å². The Bertz CT molecular complexity index is 1060. The molecule has 29 heavy (non-hydrogen) atoms. The number of hydrogen-bond donors (Lipinski definition) is 0. The summed E-state index contributed by atoms with van der Waals surface area (Å²) in [6.45, 7) is 4.07. The molecule has 0 unspecified atom stereocenters. The first kappa shape index (κ1) is 20.3. The number of pyridine rings is 1. The molecule has 0 radical (unpaired) electrons. The molecular formula is C23H24N2O4. The number of hydrogen-bond acceptors (Lipinski definition) is 4. The molecule has 0 bridgehead atoms. The van der Waals surface area contributed by atoms with Crippen molar-refractivity contribution < 1.29 is 14.3 Å². The summed E-state index contributed by atoms with van der Waals surface area (Å²) in [5, 5.41) is 0. The molecule has 0 spiro atoms. The molecule has 1 aromatic carbocycles. The van der Waals surface area contributed by atoms with Gasteiger partial charge in [0.05, 0.1) is 0 Å². The van der Waals surface area contributed by atoms with Gasteiger partial charge in [-0.2, -0.15) is 0 Å². The molecule has 0 saturated carbocycles. The van der Waals surface area contributed by atoms with Crippen LogP contribution in [-0.4, -0.2) is 27.5 Å². The zero-order valence-corrected chi connectivity index (χ0v) is 16.6. The van der Waals surface area contributed by atoms with E-state index in [1.54, 1.807) is 12.1 Å². The van der Waals surface area contributed by atoms with Crippen molar-refractivity contribution in [2.75, 3.05) is 6.61 Å². The fraction of sp³-hybridized carbons (Fsp3) is 0.261. The molecule has 0 aliphatic rings. The molecule has 2 aromatic heterocycles. The van der Waals surface area contributed by atoms with Crippen LogP contribution in [0.15, 0.2) is 65.6 Å². The van der Waals surface area contributed by atoms with Crippen molar-refractivity contribution in [3.05, 3.63) is 93.7 Å². The molecule has 3 rings (SSSR count). The van der Waals surface area contributed by atoms with Gasteiger partial charge in [-0.15, -0.1) is 0 Å². The zero-order chi connectivity index (χ0) is 20.8. The maximum Gasteiger partial charge on any atom is 0.326 e. The standard InChI is InChI=1S/C23H24N2O4/c1-17-14-20(18(2)25(17)13-11-19-8-4-3-5-9-19)21(26)16-29-23(28)15-24-12-7-6-10-22(24)27/h3-10,12,14H,11,13,15-16H2,1-2H3. The molecule has 0 fully saturated rings. The summed E-state index contributed by atoms with van der Waals surface area (Å²) < 4.78 is 8.43. The highest BCUT2D eigenvalue weighted by Gasteiger charge is 2.17. The van der Waals surface area contributed by atoms with Crippen LogP contribution in [-0.2, 0) is 29.0 Å². The lowest BCUT2D eigenvalue weighted by atomic mass is 10.1. The number of ether oxygens (including phenoxy) is 1. The van der Waals surface area contributed by atoms with Crippen LogP contribution in [0.3, 0.4) is 0 Å². The molecule has 0 aliphatic heterocycles. The highest BCUT2D eigenvalue weighted by molar-refractivity contribution is 5.99. The Labute approximate surface area is 169 Å². The van der Waals surface area contributed by atoms with Crippen LogP contribution in [0.5, 0.6) is 0 Å². The Morgan fingerprint density at radius 3 is 2.45 bits per heavy atom. The van der Waals surface area contributed by atoms with Crippen molar-refractivity contribution in [2.45, 2.75) is 33.4 Å². The molecule has 0 atom stereocenters. The Kier molecular flexibility index (Phi) is 6.44. The van der Waals surface area contributed by atoms with Gasteiger partial charge in [-0.1, -0.05) is 36.4 Å². The van der Waals surface area contributed by atoms with Crippen LogP contribution in [0.25, 0.3) is 0 Å². The molecule has 3 aromatic rings. The number of ketones is 1. The van der Waals surface area contributed by atoms with E-state index in [4.69, 9.17) is 4.74 Å². The molecule has 0 saturated heterocycles. The Balaban J connectivity index is 1.60. The largest absolute Gasteiger partial charge is 0.456 e. The van der Waals surface area contributed by atoms with E-state index in [2.05, 4.69) is 16.7 Å². The van der Waals surface area contributed by atoms with Gasteiger partial charge in [-0.25, -0.2) is 0 Å². The Morgan fingerprint density at radius 1 is 1.00 bits per heavy atom. The average molecular weight is 392 g/mol. The van der Waals surface area contributed by atoms with Gasteiger partial charge < -0.3 is 13.9 Å². The number of carbonyl (C=O) groups excluding carboxylic acids is 2. The van der Waals surface area contributed by atoms with Crippen LogP contribution in [0, 0.1) is 13.8 Å². The molecule has 0 aliphatic carbocycles. The predicted molar refractivity (Wildman–Crippen MR) is 110 cm³/mol. The number of aromatic nitrogens is 2. The normalized spacial score (nSPS) is 10.7. The third-order valence-electron chi connectivity index (χ3n) is 4.90. The second-order valence-electron chi connectivity index (χ2n) is 6.92. The van der Waals surface area contributed by atoms with Gasteiger partial charge in [0, 0.05) is 35.8 Å². The van der Waals surface area contributed by atoms with Crippen LogP contribution in [0.2, 0.25) is 0 Å². The maximum absolute atomic E-state index is 12.6. The first-order chi connectivity index (χ1) is 14.0. The zero-order valence-electron chi connectivity index (χ0n) is 16.6. The molecule has 6 nitrogen and oxygen atoms in total. The van der Waals surface area contributed by atoms with Crippen molar-refractivity contribution in [1.82, 2.24) is 9.13 Å². The number of Topliss-reactive ketones (excluding diaryl/α,β-unsaturated/α-hetero) is 1. The minimum Gasteiger partial charge on any atom is -0.456 e. The third kappa shape index (κ3) is 5.10. The van der Waals surface area contributed by atoms with Gasteiger partial charge in [0.25, 0.3) is 5.56 Å².